The molecule has 0 aliphatic carbocycles. The van der Waals surface area contributed by atoms with Crippen molar-refractivity contribution in [1.82, 2.24) is 9.88 Å². The molecular formula is C18H26N2O2S. The Kier molecular flexibility index (Phi) is 4.90. The van der Waals surface area contributed by atoms with Crippen LogP contribution < -0.4 is 0 Å². The minimum Gasteiger partial charge on any atom is -0.381 e. The zero-order chi connectivity index (χ0) is 15.5. The van der Waals surface area contributed by atoms with Crippen LogP contribution in [0.2, 0.25) is 0 Å². The van der Waals surface area contributed by atoms with Crippen molar-refractivity contribution in [2.45, 2.75) is 36.7 Å². The van der Waals surface area contributed by atoms with Crippen LogP contribution in [0.1, 0.15) is 25.0 Å². The van der Waals surface area contributed by atoms with Gasteiger partial charge >= 0.3 is 0 Å². The van der Waals surface area contributed by atoms with E-state index in [1.807, 2.05) is 12.3 Å². The van der Waals surface area contributed by atoms with E-state index in [4.69, 9.17) is 9.47 Å². The number of rotatable bonds is 5. The molecule has 23 heavy (non-hydrogen) atoms. The highest BCUT2D eigenvalue weighted by atomic mass is 32.2. The Bertz CT molecular complexity index is 501. The molecule has 126 valence electrons. The van der Waals surface area contributed by atoms with Crippen LogP contribution in [0.4, 0.5) is 0 Å². The minimum atomic E-state index is 0.453. The summed E-state index contributed by atoms with van der Waals surface area (Å²) in [5.74, 6) is 1.88. The molecule has 3 aliphatic heterocycles. The number of ether oxygens (including phenoxy) is 2. The van der Waals surface area contributed by atoms with Crippen LogP contribution in [-0.4, -0.2) is 59.4 Å². The van der Waals surface area contributed by atoms with Gasteiger partial charge < -0.3 is 9.47 Å². The quantitative estimate of drug-likeness (QED) is 0.827. The van der Waals surface area contributed by atoms with Crippen LogP contribution in [0.15, 0.2) is 24.4 Å². The molecule has 4 rings (SSSR count). The second kappa shape index (κ2) is 7.09. The first-order valence-corrected chi connectivity index (χ1v) is 9.75. The standard InChI is InChI=1S/C18H26N2O2S/c1-2-6-19-16(3-1)10-20-13-18(14-20)9-17(12-23-18)22-11-15-4-7-21-8-5-15/h1-3,6,15,17H,4-5,7-14H2/t17-/m0/s1. The molecule has 3 saturated heterocycles. The van der Waals surface area contributed by atoms with Crippen molar-refractivity contribution in [1.29, 1.82) is 0 Å². The van der Waals surface area contributed by atoms with Crippen molar-refractivity contribution in [3.8, 4) is 0 Å². The van der Waals surface area contributed by atoms with Gasteiger partial charge in [-0.3, -0.25) is 9.88 Å². The number of pyridine rings is 1. The predicted molar refractivity (Wildman–Crippen MR) is 92.6 cm³/mol. The maximum absolute atomic E-state index is 6.22. The Morgan fingerprint density at radius 2 is 2.17 bits per heavy atom. The third-order valence-electron chi connectivity index (χ3n) is 5.22. The first-order valence-electron chi connectivity index (χ1n) is 8.77. The Balaban J connectivity index is 1.19. The molecule has 0 aromatic carbocycles. The number of nitrogens with zero attached hydrogens (tertiary/aromatic N) is 2. The third kappa shape index (κ3) is 3.90. The molecule has 1 atom stereocenters. The normalized spacial score (nSPS) is 28.1. The summed E-state index contributed by atoms with van der Waals surface area (Å²) in [6.07, 6.45) is 5.90. The van der Waals surface area contributed by atoms with Crippen molar-refractivity contribution in [3.05, 3.63) is 30.1 Å². The van der Waals surface area contributed by atoms with Crippen molar-refractivity contribution in [2.24, 2.45) is 5.92 Å². The van der Waals surface area contributed by atoms with E-state index in [-0.39, 0.29) is 0 Å². The zero-order valence-corrected chi connectivity index (χ0v) is 14.5. The van der Waals surface area contributed by atoms with Gasteiger partial charge in [0.2, 0.25) is 0 Å². The molecule has 3 aliphatic rings. The molecule has 0 saturated carbocycles. The number of aromatic nitrogens is 1. The van der Waals surface area contributed by atoms with Gasteiger partial charge in [-0.05, 0) is 37.3 Å². The number of hydrogen-bond donors (Lipinski definition) is 0. The summed E-state index contributed by atoms with van der Waals surface area (Å²) < 4.78 is 12.1. The van der Waals surface area contributed by atoms with Gasteiger partial charge in [0.05, 0.1) is 11.8 Å². The van der Waals surface area contributed by atoms with Gasteiger partial charge in [0.15, 0.2) is 0 Å². The van der Waals surface area contributed by atoms with Gasteiger partial charge in [-0.2, -0.15) is 0 Å². The van der Waals surface area contributed by atoms with Gasteiger partial charge in [0, 0.05) is 56.2 Å². The summed E-state index contributed by atoms with van der Waals surface area (Å²) in [6.45, 7) is 6.12. The lowest BCUT2D eigenvalue weighted by molar-refractivity contribution is -0.0134. The molecule has 1 aromatic rings. The Morgan fingerprint density at radius 3 is 2.96 bits per heavy atom. The van der Waals surface area contributed by atoms with Crippen LogP contribution in [0, 0.1) is 5.92 Å². The van der Waals surface area contributed by atoms with E-state index < -0.39 is 0 Å². The number of thioether (sulfide) groups is 1. The van der Waals surface area contributed by atoms with Crippen molar-refractivity contribution < 1.29 is 9.47 Å². The topological polar surface area (TPSA) is 34.6 Å². The molecule has 0 unspecified atom stereocenters. The molecule has 0 N–H and O–H groups in total. The molecule has 1 spiro atoms. The molecule has 0 radical (unpaired) electrons. The van der Waals surface area contributed by atoms with Crippen LogP contribution in [-0.2, 0) is 16.0 Å². The Labute approximate surface area is 142 Å². The number of hydrogen-bond acceptors (Lipinski definition) is 5. The van der Waals surface area contributed by atoms with Gasteiger partial charge in [-0.15, -0.1) is 11.8 Å². The highest BCUT2D eigenvalue weighted by molar-refractivity contribution is 8.01. The van der Waals surface area contributed by atoms with E-state index in [0.717, 1.165) is 26.4 Å². The smallest absolute Gasteiger partial charge is 0.0680 e. The fourth-order valence-corrected chi connectivity index (χ4v) is 5.52. The minimum absolute atomic E-state index is 0.453. The van der Waals surface area contributed by atoms with E-state index in [0.29, 0.717) is 16.8 Å². The fourth-order valence-electron chi connectivity index (χ4n) is 3.92. The second-order valence-electron chi connectivity index (χ2n) is 7.18. The lowest BCUT2D eigenvalue weighted by atomic mass is 9.92. The Hall–Kier alpha value is -0.620. The molecule has 4 nitrogen and oxygen atoms in total. The molecule has 4 heterocycles. The summed E-state index contributed by atoms with van der Waals surface area (Å²) >= 11 is 2.13. The molecule has 3 fully saturated rings. The van der Waals surface area contributed by atoms with E-state index in [9.17, 15) is 0 Å². The van der Waals surface area contributed by atoms with E-state index >= 15 is 0 Å². The van der Waals surface area contributed by atoms with Crippen LogP contribution in [0.25, 0.3) is 0 Å². The first kappa shape index (κ1) is 15.9. The summed E-state index contributed by atoms with van der Waals surface area (Å²) in [5.41, 5.74) is 1.18. The van der Waals surface area contributed by atoms with Crippen molar-refractivity contribution in [2.75, 3.05) is 38.7 Å². The average molecular weight is 334 g/mol. The van der Waals surface area contributed by atoms with Gasteiger partial charge in [-0.25, -0.2) is 0 Å². The monoisotopic (exact) mass is 334 g/mol. The molecule has 0 amide bonds. The highest BCUT2D eigenvalue weighted by Crippen LogP contribution is 2.46. The maximum Gasteiger partial charge on any atom is 0.0680 e. The molecule has 1 aromatic heterocycles. The van der Waals surface area contributed by atoms with Crippen molar-refractivity contribution >= 4 is 11.8 Å². The van der Waals surface area contributed by atoms with Crippen LogP contribution in [0.5, 0.6) is 0 Å². The summed E-state index contributed by atoms with van der Waals surface area (Å²) in [6, 6.07) is 6.17. The largest absolute Gasteiger partial charge is 0.381 e. The van der Waals surface area contributed by atoms with E-state index in [1.54, 1.807) is 0 Å². The van der Waals surface area contributed by atoms with Crippen LogP contribution in [0.3, 0.4) is 0 Å². The van der Waals surface area contributed by atoms with Gasteiger partial charge in [0.1, 0.15) is 0 Å². The lowest BCUT2D eigenvalue weighted by Crippen LogP contribution is -2.58. The molecule has 5 heteroatoms. The van der Waals surface area contributed by atoms with Gasteiger partial charge in [-0.1, -0.05) is 6.07 Å². The molecular weight excluding hydrogens is 308 g/mol. The molecule has 0 bridgehead atoms. The average Bonchev–Trinajstić information content (AvgIpc) is 2.99. The fraction of sp³-hybridized carbons (Fsp3) is 0.722. The van der Waals surface area contributed by atoms with E-state index in [2.05, 4.69) is 33.8 Å². The summed E-state index contributed by atoms with van der Waals surface area (Å²) in [4.78, 5) is 6.94. The van der Waals surface area contributed by atoms with Crippen molar-refractivity contribution in [3.63, 3.8) is 0 Å². The second-order valence-corrected chi connectivity index (χ2v) is 8.66. The summed E-state index contributed by atoms with van der Waals surface area (Å²) in [7, 11) is 0. The number of likely N-dealkylation sites (tertiary alicyclic amines) is 1. The maximum atomic E-state index is 6.22. The highest BCUT2D eigenvalue weighted by Gasteiger charge is 2.49. The lowest BCUT2D eigenvalue weighted by Gasteiger charge is -2.47. The zero-order valence-electron chi connectivity index (χ0n) is 13.7. The third-order valence-corrected chi connectivity index (χ3v) is 6.79. The summed E-state index contributed by atoms with van der Waals surface area (Å²) in [5, 5.41) is 0. The predicted octanol–water partition coefficient (Wildman–Crippen LogP) is 2.58. The Morgan fingerprint density at radius 1 is 1.30 bits per heavy atom. The van der Waals surface area contributed by atoms with Crippen LogP contribution >= 0.6 is 11.8 Å². The van der Waals surface area contributed by atoms with E-state index in [1.165, 1.54) is 43.8 Å². The van der Waals surface area contributed by atoms with Gasteiger partial charge in [0.25, 0.3) is 0 Å². The SMILES string of the molecule is c1ccc(CN2CC3(C[C@H](OCC4CCOCC4)CS3)C2)nc1. The first-order chi connectivity index (χ1) is 11.3.